The second-order valence-electron chi connectivity index (χ2n) is 7.90. The summed E-state index contributed by atoms with van der Waals surface area (Å²) in [5.74, 6) is -0.0167. The fraction of sp³-hybridized carbons (Fsp3) is 0.304. The van der Waals surface area contributed by atoms with Crippen molar-refractivity contribution in [1.82, 2.24) is 4.90 Å². The summed E-state index contributed by atoms with van der Waals surface area (Å²) in [6.45, 7) is 2.10. The Labute approximate surface area is 169 Å². The maximum Gasteiger partial charge on any atom is 0.333 e. The average molecular weight is 393 g/mol. The van der Waals surface area contributed by atoms with Crippen molar-refractivity contribution in [2.24, 2.45) is 5.92 Å². The van der Waals surface area contributed by atoms with Gasteiger partial charge in [0.15, 0.2) is 0 Å². The molecular formula is C23H21ClN2O2. The van der Waals surface area contributed by atoms with E-state index in [0.29, 0.717) is 17.1 Å². The molecule has 2 heterocycles. The molecule has 1 saturated heterocycles. The molecule has 0 unspecified atom stereocenters. The zero-order valence-corrected chi connectivity index (χ0v) is 16.4. The molecule has 3 atom stereocenters. The van der Waals surface area contributed by atoms with E-state index in [1.54, 1.807) is 24.3 Å². The molecule has 5 rings (SSSR count). The molecule has 1 aliphatic carbocycles. The third-order valence-electron chi connectivity index (χ3n) is 6.50. The van der Waals surface area contributed by atoms with E-state index in [9.17, 15) is 9.59 Å². The number of halogens is 1. The topological polar surface area (TPSA) is 40.6 Å². The number of nitrogens with zero attached hydrogens (tertiary/aromatic N) is 2. The van der Waals surface area contributed by atoms with Gasteiger partial charge in [0.25, 0.3) is 5.91 Å². The maximum absolute atomic E-state index is 13.8. The van der Waals surface area contributed by atoms with Crippen molar-refractivity contribution in [1.29, 1.82) is 0 Å². The Morgan fingerprint density at radius 2 is 1.75 bits per heavy atom. The zero-order chi connectivity index (χ0) is 19.5. The van der Waals surface area contributed by atoms with Gasteiger partial charge in [-0.15, -0.1) is 0 Å². The molecule has 2 aromatic rings. The van der Waals surface area contributed by atoms with Crippen LogP contribution in [0.5, 0.6) is 0 Å². The largest absolute Gasteiger partial charge is 0.333 e. The summed E-state index contributed by atoms with van der Waals surface area (Å²) in [6, 6.07) is 16.4. The average Bonchev–Trinajstić information content (AvgIpc) is 3.24. The van der Waals surface area contributed by atoms with Crippen molar-refractivity contribution in [3.63, 3.8) is 0 Å². The highest BCUT2D eigenvalue weighted by Crippen LogP contribution is 2.55. The third kappa shape index (κ3) is 2.24. The summed E-state index contributed by atoms with van der Waals surface area (Å²) in [4.78, 5) is 30.6. The van der Waals surface area contributed by atoms with Crippen LogP contribution in [0.25, 0.3) is 0 Å². The van der Waals surface area contributed by atoms with Crippen molar-refractivity contribution in [2.45, 2.75) is 37.8 Å². The summed E-state index contributed by atoms with van der Waals surface area (Å²) < 4.78 is 0. The van der Waals surface area contributed by atoms with E-state index in [2.05, 4.69) is 13.0 Å². The number of anilines is 1. The second kappa shape index (κ2) is 6.21. The SMILES string of the molecule is CC1=C[C@H](c2ccccc2)N2C(=O)N(c3ccc(Cl)cc3)C(=O)[C@]23CCC[C@H]13. The second-order valence-corrected chi connectivity index (χ2v) is 8.34. The lowest BCUT2D eigenvalue weighted by Crippen LogP contribution is -2.55. The number of hydrogen-bond acceptors (Lipinski definition) is 2. The van der Waals surface area contributed by atoms with Crippen molar-refractivity contribution in [2.75, 3.05) is 4.90 Å². The monoisotopic (exact) mass is 392 g/mol. The maximum atomic E-state index is 13.8. The van der Waals surface area contributed by atoms with Crippen LogP contribution < -0.4 is 4.90 Å². The fourth-order valence-electron chi connectivity index (χ4n) is 5.32. The minimum absolute atomic E-state index is 0.0845. The quantitative estimate of drug-likeness (QED) is 0.510. The predicted octanol–water partition coefficient (Wildman–Crippen LogP) is 5.35. The van der Waals surface area contributed by atoms with E-state index in [1.807, 2.05) is 35.2 Å². The van der Waals surface area contributed by atoms with E-state index in [0.717, 1.165) is 18.4 Å². The van der Waals surface area contributed by atoms with Crippen molar-refractivity contribution in [3.8, 4) is 0 Å². The Bertz CT molecular complexity index is 985. The highest BCUT2D eigenvalue weighted by atomic mass is 35.5. The van der Waals surface area contributed by atoms with Gasteiger partial charge in [0.1, 0.15) is 5.54 Å². The van der Waals surface area contributed by atoms with Gasteiger partial charge in [0.05, 0.1) is 11.7 Å². The first-order chi connectivity index (χ1) is 13.5. The van der Waals surface area contributed by atoms with Crippen LogP contribution in [-0.2, 0) is 4.79 Å². The first-order valence-corrected chi connectivity index (χ1v) is 10.1. The molecule has 2 aromatic carbocycles. The van der Waals surface area contributed by atoms with Gasteiger partial charge >= 0.3 is 6.03 Å². The highest BCUT2D eigenvalue weighted by Gasteiger charge is 2.66. The Hall–Kier alpha value is -2.59. The van der Waals surface area contributed by atoms with E-state index >= 15 is 0 Å². The molecule has 4 nitrogen and oxygen atoms in total. The van der Waals surface area contributed by atoms with E-state index < -0.39 is 5.54 Å². The predicted molar refractivity (Wildman–Crippen MR) is 109 cm³/mol. The number of carbonyl (C=O) groups is 2. The number of carbonyl (C=O) groups excluding carboxylic acids is 2. The molecule has 1 spiro atoms. The summed E-state index contributed by atoms with van der Waals surface area (Å²) in [6.07, 6.45) is 4.76. The van der Waals surface area contributed by atoms with Gasteiger partial charge < -0.3 is 0 Å². The van der Waals surface area contributed by atoms with Crippen molar-refractivity contribution >= 4 is 29.2 Å². The Kier molecular flexibility index (Phi) is 3.88. The fourth-order valence-corrected chi connectivity index (χ4v) is 5.45. The molecule has 3 amide bonds. The minimum Gasteiger partial charge on any atom is -0.298 e. The molecule has 3 aliphatic rings. The summed E-state index contributed by atoms with van der Waals surface area (Å²) in [5.41, 5.74) is 2.04. The van der Waals surface area contributed by atoms with Crippen LogP contribution in [0, 0.1) is 5.92 Å². The molecule has 5 heteroatoms. The first kappa shape index (κ1) is 17.5. The number of hydrogen-bond donors (Lipinski definition) is 0. The molecule has 0 aromatic heterocycles. The van der Waals surface area contributed by atoms with Gasteiger partial charge in [0.2, 0.25) is 0 Å². The van der Waals surface area contributed by atoms with Crippen LogP contribution in [0.3, 0.4) is 0 Å². The van der Waals surface area contributed by atoms with E-state index in [4.69, 9.17) is 11.6 Å². The lowest BCUT2D eigenvalue weighted by molar-refractivity contribution is -0.127. The summed E-state index contributed by atoms with van der Waals surface area (Å²) in [5, 5.41) is 0.581. The van der Waals surface area contributed by atoms with E-state index in [-0.39, 0.29) is 23.9 Å². The van der Waals surface area contributed by atoms with Gasteiger partial charge in [-0.1, -0.05) is 53.6 Å². The molecule has 0 bridgehead atoms. The number of benzene rings is 2. The Morgan fingerprint density at radius 3 is 2.46 bits per heavy atom. The van der Waals surface area contributed by atoms with Gasteiger partial charge in [0, 0.05) is 10.9 Å². The number of amides is 3. The van der Waals surface area contributed by atoms with Crippen molar-refractivity contribution in [3.05, 3.63) is 76.8 Å². The molecule has 1 saturated carbocycles. The normalized spacial score (nSPS) is 29.0. The molecule has 2 fully saturated rings. The van der Waals surface area contributed by atoms with Crippen LogP contribution in [0.15, 0.2) is 66.2 Å². The lowest BCUT2D eigenvalue weighted by Gasteiger charge is -2.45. The minimum atomic E-state index is -0.782. The lowest BCUT2D eigenvalue weighted by atomic mass is 9.75. The van der Waals surface area contributed by atoms with E-state index in [1.165, 1.54) is 10.5 Å². The molecule has 28 heavy (non-hydrogen) atoms. The van der Waals surface area contributed by atoms with Crippen molar-refractivity contribution < 1.29 is 9.59 Å². The molecular weight excluding hydrogens is 372 g/mol. The smallest absolute Gasteiger partial charge is 0.298 e. The van der Waals surface area contributed by atoms with Crippen LogP contribution in [0.4, 0.5) is 10.5 Å². The molecule has 2 aliphatic heterocycles. The number of urea groups is 1. The van der Waals surface area contributed by atoms with Gasteiger partial charge in [-0.05, 0) is 56.0 Å². The Balaban J connectivity index is 1.68. The van der Waals surface area contributed by atoms with Gasteiger partial charge in [-0.2, -0.15) is 0 Å². The first-order valence-electron chi connectivity index (χ1n) is 9.71. The van der Waals surface area contributed by atoms with Crippen LogP contribution in [0.1, 0.15) is 37.8 Å². The Morgan fingerprint density at radius 1 is 1.04 bits per heavy atom. The zero-order valence-electron chi connectivity index (χ0n) is 15.6. The standard InChI is InChI=1S/C23H21ClN2O2/c1-15-14-20(16-6-3-2-4-7-16)26-22(28)25(18-11-9-17(24)10-12-18)21(27)23(26)13-5-8-19(15)23/h2-4,6-7,9-12,14,19-20H,5,8,13H2,1H3/t19-,20-,23-/m1/s1. The van der Waals surface area contributed by atoms with Gasteiger partial charge in [-0.3, -0.25) is 9.69 Å². The molecule has 0 radical (unpaired) electrons. The summed E-state index contributed by atoms with van der Waals surface area (Å²) in [7, 11) is 0. The molecule has 0 N–H and O–H groups in total. The van der Waals surface area contributed by atoms with Gasteiger partial charge in [-0.25, -0.2) is 9.69 Å². The highest BCUT2D eigenvalue weighted by molar-refractivity contribution is 6.31. The number of rotatable bonds is 2. The van der Waals surface area contributed by atoms with Crippen LogP contribution in [0.2, 0.25) is 5.02 Å². The summed E-state index contributed by atoms with van der Waals surface area (Å²) >= 11 is 6.02. The number of imide groups is 1. The van der Waals surface area contributed by atoms with Crippen LogP contribution in [-0.4, -0.2) is 22.4 Å². The molecule has 142 valence electrons. The third-order valence-corrected chi connectivity index (χ3v) is 6.75. The van der Waals surface area contributed by atoms with Crippen LogP contribution >= 0.6 is 11.6 Å².